The number of rotatable bonds is 6. The van der Waals surface area contributed by atoms with Crippen LogP contribution in [0.15, 0.2) is 49.1 Å². The van der Waals surface area contributed by atoms with Crippen LogP contribution in [-0.2, 0) is 22.6 Å². The second-order valence-corrected chi connectivity index (χ2v) is 5.58. The van der Waals surface area contributed by atoms with Crippen LogP contribution in [-0.4, -0.2) is 17.7 Å². The summed E-state index contributed by atoms with van der Waals surface area (Å²) in [7, 11) is 0. The first kappa shape index (κ1) is 17.0. The van der Waals surface area contributed by atoms with Crippen LogP contribution in [0.2, 0.25) is 0 Å². The van der Waals surface area contributed by atoms with Crippen molar-refractivity contribution in [3.63, 3.8) is 0 Å². The van der Waals surface area contributed by atoms with Gasteiger partial charge in [0.15, 0.2) is 0 Å². The van der Waals surface area contributed by atoms with E-state index < -0.39 is 5.97 Å². The molecule has 120 valence electrons. The van der Waals surface area contributed by atoms with Gasteiger partial charge in [-0.05, 0) is 41.7 Å². The average Bonchev–Trinajstić information content (AvgIpc) is 2.54. The second kappa shape index (κ2) is 7.75. The molecule has 0 spiro atoms. The van der Waals surface area contributed by atoms with Gasteiger partial charge >= 0.3 is 5.97 Å². The van der Waals surface area contributed by atoms with Gasteiger partial charge in [0, 0.05) is 12.5 Å². The number of ether oxygens (including phenoxy) is 1. The molecule has 0 atom stereocenters. The molecule has 3 nitrogen and oxygen atoms in total. The Bertz CT molecular complexity index is 717. The van der Waals surface area contributed by atoms with Gasteiger partial charge in [-0.2, -0.15) is 0 Å². The highest BCUT2D eigenvalue weighted by molar-refractivity contribution is 5.81. The molecular weight excluding hydrogens is 288 g/mol. The summed E-state index contributed by atoms with van der Waals surface area (Å²) in [5.41, 5.74) is 6.56. The van der Waals surface area contributed by atoms with Crippen LogP contribution in [0.3, 0.4) is 0 Å². The maximum atomic E-state index is 11.1. The SMILES string of the molecule is C=CC(=O)OCCc1cc(-c2ccc(C)cc2C)ccc1CO. The van der Waals surface area contributed by atoms with Crippen LogP contribution in [0.25, 0.3) is 11.1 Å². The number of hydrogen-bond acceptors (Lipinski definition) is 3. The Hall–Kier alpha value is -2.39. The van der Waals surface area contributed by atoms with Crippen molar-refractivity contribution < 1.29 is 14.6 Å². The predicted molar refractivity (Wildman–Crippen MR) is 92.1 cm³/mol. The number of aliphatic hydroxyl groups is 1. The van der Waals surface area contributed by atoms with Gasteiger partial charge in [0.2, 0.25) is 0 Å². The molecule has 0 saturated carbocycles. The van der Waals surface area contributed by atoms with Crippen LogP contribution in [0, 0.1) is 13.8 Å². The Morgan fingerprint density at radius 2 is 1.96 bits per heavy atom. The first-order valence-electron chi connectivity index (χ1n) is 7.64. The van der Waals surface area contributed by atoms with Gasteiger partial charge in [-0.1, -0.05) is 48.5 Å². The fourth-order valence-corrected chi connectivity index (χ4v) is 2.64. The number of benzene rings is 2. The molecule has 0 aliphatic heterocycles. The average molecular weight is 310 g/mol. The third-order valence-corrected chi connectivity index (χ3v) is 3.85. The van der Waals surface area contributed by atoms with Crippen molar-refractivity contribution in [2.75, 3.05) is 6.61 Å². The maximum absolute atomic E-state index is 11.1. The van der Waals surface area contributed by atoms with E-state index in [1.807, 2.05) is 12.1 Å². The van der Waals surface area contributed by atoms with E-state index in [2.05, 4.69) is 44.7 Å². The summed E-state index contributed by atoms with van der Waals surface area (Å²) in [6.45, 7) is 7.78. The molecule has 0 amide bonds. The number of hydrogen-bond donors (Lipinski definition) is 1. The molecule has 1 N–H and O–H groups in total. The monoisotopic (exact) mass is 310 g/mol. The van der Waals surface area contributed by atoms with Crippen molar-refractivity contribution >= 4 is 5.97 Å². The smallest absolute Gasteiger partial charge is 0.330 e. The summed E-state index contributed by atoms with van der Waals surface area (Å²) < 4.78 is 5.04. The zero-order chi connectivity index (χ0) is 16.8. The van der Waals surface area contributed by atoms with E-state index >= 15 is 0 Å². The van der Waals surface area contributed by atoms with E-state index in [1.54, 1.807) is 0 Å². The minimum atomic E-state index is -0.430. The lowest BCUT2D eigenvalue weighted by molar-refractivity contribution is -0.137. The number of carbonyl (C=O) groups excluding carboxylic acids is 1. The zero-order valence-corrected chi connectivity index (χ0v) is 13.6. The van der Waals surface area contributed by atoms with E-state index in [0.717, 1.165) is 22.8 Å². The number of aryl methyl sites for hydroxylation is 2. The van der Waals surface area contributed by atoms with Crippen molar-refractivity contribution in [2.24, 2.45) is 0 Å². The van der Waals surface area contributed by atoms with Gasteiger partial charge < -0.3 is 9.84 Å². The molecule has 0 radical (unpaired) electrons. The highest BCUT2D eigenvalue weighted by Crippen LogP contribution is 2.27. The van der Waals surface area contributed by atoms with Gasteiger partial charge in [-0.3, -0.25) is 0 Å². The fourth-order valence-electron chi connectivity index (χ4n) is 2.64. The summed E-state index contributed by atoms with van der Waals surface area (Å²) in [4.78, 5) is 11.1. The quantitative estimate of drug-likeness (QED) is 0.653. The molecule has 0 aromatic heterocycles. The zero-order valence-electron chi connectivity index (χ0n) is 13.6. The van der Waals surface area contributed by atoms with Crippen molar-refractivity contribution in [3.05, 3.63) is 71.3 Å². The minimum Gasteiger partial charge on any atom is -0.462 e. The third-order valence-electron chi connectivity index (χ3n) is 3.85. The van der Waals surface area contributed by atoms with Gasteiger partial charge in [-0.25, -0.2) is 4.79 Å². The molecule has 3 heteroatoms. The van der Waals surface area contributed by atoms with E-state index in [4.69, 9.17) is 4.74 Å². The topological polar surface area (TPSA) is 46.5 Å². The van der Waals surface area contributed by atoms with E-state index in [-0.39, 0.29) is 13.2 Å². The normalized spacial score (nSPS) is 10.4. The van der Waals surface area contributed by atoms with Crippen LogP contribution in [0.5, 0.6) is 0 Å². The lowest BCUT2D eigenvalue weighted by Crippen LogP contribution is -2.06. The van der Waals surface area contributed by atoms with Gasteiger partial charge in [0.05, 0.1) is 13.2 Å². The minimum absolute atomic E-state index is 0.0299. The molecule has 23 heavy (non-hydrogen) atoms. The third kappa shape index (κ3) is 4.30. The lowest BCUT2D eigenvalue weighted by Gasteiger charge is -2.12. The Morgan fingerprint density at radius 1 is 1.17 bits per heavy atom. The van der Waals surface area contributed by atoms with Crippen molar-refractivity contribution in [2.45, 2.75) is 26.9 Å². The summed E-state index contributed by atoms with van der Waals surface area (Å²) in [6.07, 6.45) is 1.72. The molecule has 0 bridgehead atoms. The molecule has 0 aliphatic carbocycles. The van der Waals surface area contributed by atoms with E-state index in [1.165, 1.54) is 16.7 Å². The van der Waals surface area contributed by atoms with Gasteiger partial charge in [0.25, 0.3) is 0 Å². The maximum Gasteiger partial charge on any atom is 0.330 e. The Labute approximate surface area is 137 Å². The fraction of sp³-hybridized carbons (Fsp3) is 0.250. The first-order chi connectivity index (χ1) is 11.0. The highest BCUT2D eigenvalue weighted by atomic mass is 16.5. The van der Waals surface area contributed by atoms with Crippen LogP contribution < -0.4 is 0 Å². The summed E-state index contributed by atoms with van der Waals surface area (Å²) >= 11 is 0. The van der Waals surface area contributed by atoms with Crippen molar-refractivity contribution in [3.8, 4) is 11.1 Å². The summed E-state index contributed by atoms with van der Waals surface area (Å²) in [5, 5.41) is 9.50. The highest BCUT2D eigenvalue weighted by Gasteiger charge is 2.08. The molecule has 0 heterocycles. The largest absolute Gasteiger partial charge is 0.462 e. The molecule has 0 saturated heterocycles. The molecule has 0 aliphatic rings. The standard InChI is InChI=1S/C20H22O3/c1-4-20(22)23-10-9-16-12-17(6-7-18(16)13-21)19-8-5-14(2)11-15(19)3/h4-8,11-12,21H,1,9-10,13H2,2-3H3. The van der Waals surface area contributed by atoms with E-state index in [9.17, 15) is 9.90 Å². The summed E-state index contributed by atoms with van der Waals surface area (Å²) in [6, 6.07) is 12.4. The van der Waals surface area contributed by atoms with Crippen LogP contribution in [0.1, 0.15) is 22.3 Å². The van der Waals surface area contributed by atoms with Gasteiger partial charge in [-0.15, -0.1) is 0 Å². The first-order valence-corrected chi connectivity index (χ1v) is 7.64. The summed E-state index contributed by atoms with van der Waals surface area (Å²) in [5.74, 6) is -0.430. The van der Waals surface area contributed by atoms with Crippen molar-refractivity contribution in [1.82, 2.24) is 0 Å². The Kier molecular flexibility index (Phi) is 5.72. The molecule has 2 aromatic carbocycles. The number of esters is 1. The molecule has 0 unspecified atom stereocenters. The molecule has 0 fully saturated rings. The predicted octanol–water partition coefficient (Wildman–Crippen LogP) is 3.73. The molecule has 2 aromatic rings. The lowest BCUT2D eigenvalue weighted by atomic mass is 9.94. The number of aliphatic hydroxyl groups excluding tert-OH is 1. The molecule has 2 rings (SSSR count). The number of carbonyl (C=O) groups is 1. The Morgan fingerprint density at radius 3 is 2.61 bits per heavy atom. The second-order valence-electron chi connectivity index (χ2n) is 5.58. The van der Waals surface area contributed by atoms with E-state index in [0.29, 0.717) is 6.42 Å². The van der Waals surface area contributed by atoms with Crippen LogP contribution >= 0.6 is 0 Å². The van der Waals surface area contributed by atoms with Gasteiger partial charge in [0.1, 0.15) is 0 Å². The van der Waals surface area contributed by atoms with Crippen molar-refractivity contribution in [1.29, 1.82) is 0 Å². The van der Waals surface area contributed by atoms with Crippen LogP contribution in [0.4, 0.5) is 0 Å². The Balaban J connectivity index is 2.27. The molecular formula is C20H22O3.